The summed E-state index contributed by atoms with van der Waals surface area (Å²) in [5, 5.41) is 12.1. The van der Waals surface area contributed by atoms with Crippen molar-refractivity contribution in [2.45, 2.75) is 30.7 Å². The maximum atomic E-state index is 12.5. The molecule has 0 aliphatic heterocycles. The van der Waals surface area contributed by atoms with Crippen LogP contribution in [0.1, 0.15) is 36.4 Å². The maximum Gasteiger partial charge on any atom is 0.226 e. The SMILES string of the molecule is COc1ccc([C@@H](CC(=O)Nc2ccc(C3(C#N)CC3)cc2)NS(C)(=O)=O)cc1. The van der Waals surface area contributed by atoms with Crippen molar-refractivity contribution < 1.29 is 17.9 Å². The number of nitriles is 1. The van der Waals surface area contributed by atoms with E-state index in [1.807, 2.05) is 12.1 Å². The minimum Gasteiger partial charge on any atom is -0.497 e. The first kappa shape index (κ1) is 20.8. The summed E-state index contributed by atoms with van der Waals surface area (Å²) in [5.74, 6) is 0.318. The molecule has 8 heteroatoms. The molecule has 152 valence electrons. The molecule has 7 nitrogen and oxygen atoms in total. The van der Waals surface area contributed by atoms with Gasteiger partial charge in [0.15, 0.2) is 0 Å². The van der Waals surface area contributed by atoms with Crippen molar-refractivity contribution in [1.82, 2.24) is 4.72 Å². The monoisotopic (exact) mass is 413 g/mol. The number of rotatable bonds is 8. The van der Waals surface area contributed by atoms with Crippen LogP contribution in [0.3, 0.4) is 0 Å². The average molecular weight is 413 g/mol. The predicted molar refractivity (Wildman–Crippen MR) is 110 cm³/mol. The number of sulfonamides is 1. The number of nitrogens with one attached hydrogen (secondary N) is 2. The lowest BCUT2D eigenvalue weighted by Crippen LogP contribution is -2.30. The fourth-order valence-electron chi connectivity index (χ4n) is 3.18. The summed E-state index contributed by atoms with van der Waals surface area (Å²) >= 11 is 0. The Balaban J connectivity index is 1.70. The lowest BCUT2D eigenvalue weighted by atomic mass is 9.97. The van der Waals surface area contributed by atoms with Crippen LogP contribution >= 0.6 is 0 Å². The smallest absolute Gasteiger partial charge is 0.226 e. The number of nitrogens with zero attached hydrogens (tertiary/aromatic N) is 1. The molecule has 0 radical (unpaired) electrons. The molecule has 1 atom stereocenters. The molecule has 2 N–H and O–H groups in total. The zero-order valence-corrected chi connectivity index (χ0v) is 17.1. The summed E-state index contributed by atoms with van der Waals surface area (Å²) in [6, 6.07) is 15.7. The molecule has 0 saturated heterocycles. The predicted octanol–water partition coefficient (Wildman–Crippen LogP) is 2.87. The molecule has 0 aromatic heterocycles. The summed E-state index contributed by atoms with van der Waals surface area (Å²) in [7, 11) is -1.97. The van der Waals surface area contributed by atoms with Gasteiger partial charge in [-0.3, -0.25) is 4.79 Å². The molecule has 1 fully saturated rings. The van der Waals surface area contributed by atoms with Gasteiger partial charge in [-0.1, -0.05) is 24.3 Å². The van der Waals surface area contributed by atoms with Crippen molar-refractivity contribution in [3.8, 4) is 11.8 Å². The fraction of sp³-hybridized carbons (Fsp3) is 0.333. The second kappa shape index (κ2) is 8.23. The van der Waals surface area contributed by atoms with Crippen molar-refractivity contribution in [3.05, 3.63) is 59.7 Å². The van der Waals surface area contributed by atoms with E-state index in [0.717, 1.165) is 24.7 Å². The van der Waals surface area contributed by atoms with E-state index in [9.17, 15) is 18.5 Å². The summed E-state index contributed by atoms with van der Waals surface area (Å²) in [6.07, 6.45) is 2.71. The Kier molecular flexibility index (Phi) is 5.91. The van der Waals surface area contributed by atoms with Crippen LogP contribution in [0.15, 0.2) is 48.5 Å². The molecular weight excluding hydrogens is 390 g/mol. The maximum absolute atomic E-state index is 12.5. The van der Waals surface area contributed by atoms with Crippen LogP contribution < -0.4 is 14.8 Å². The molecule has 29 heavy (non-hydrogen) atoms. The zero-order valence-electron chi connectivity index (χ0n) is 16.3. The number of benzene rings is 2. The first-order valence-corrected chi connectivity index (χ1v) is 11.1. The van der Waals surface area contributed by atoms with Crippen LogP contribution in [0.2, 0.25) is 0 Å². The lowest BCUT2D eigenvalue weighted by Gasteiger charge is -2.18. The topological polar surface area (TPSA) is 108 Å². The van der Waals surface area contributed by atoms with E-state index in [1.54, 1.807) is 43.5 Å². The number of hydrogen-bond acceptors (Lipinski definition) is 5. The van der Waals surface area contributed by atoms with Gasteiger partial charge in [-0.2, -0.15) is 5.26 Å². The second-order valence-electron chi connectivity index (χ2n) is 7.24. The van der Waals surface area contributed by atoms with Gasteiger partial charge in [0.25, 0.3) is 0 Å². The van der Waals surface area contributed by atoms with E-state index in [-0.39, 0.29) is 17.7 Å². The van der Waals surface area contributed by atoms with Gasteiger partial charge in [0.2, 0.25) is 15.9 Å². The van der Waals surface area contributed by atoms with Crippen LogP contribution in [0.4, 0.5) is 5.69 Å². The number of carbonyl (C=O) groups excluding carboxylic acids is 1. The van der Waals surface area contributed by atoms with Crippen molar-refractivity contribution in [3.63, 3.8) is 0 Å². The van der Waals surface area contributed by atoms with Crippen LogP contribution in [0, 0.1) is 11.3 Å². The standard InChI is InChI=1S/C21H23N3O4S/c1-28-18-9-3-15(4-10-18)19(24-29(2,26)27)13-20(25)23-17-7-5-16(6-8-17)21(14-22)11-12-21/h3-10,19,24H,11-13H2,1-2H3,(H,23,25)/t19-/m1/s1. The Morgan fingerprint density at radius 1 is 1.17 bits per heavy atom. The highest BCUT2D eigenvalue weighted by atomic mass is 32.2. The van der Waals surface area contributed by atoms with Crippen molar-refractivity contribution in [1.29, 1.82) is 5.26 Å². The summed E-state index contributed by atoms with van der Waals surface area (Å²) < 4.78 is 31.1. The van der Waals surface area contributed by atoms with Gasteiger partial charge in [-0.25, -0.2) is 13.1 Å². The van der Waals surface area contributed by atoms with Gasteiger partial charge >= 0.3 is 0 Å². The van der Waals surface area contributed by atoms with E-state index in [4.69, 9.17) is 4.74 Å². The molecule has 0 bridgehead atoms. The van der Waals surface area contributed by atoms with Gasteiger partial charge in [0, 0.05) is 12.1 Å². The largest absolute Gasteiger partial charge is 0.497 e. The quantitative estimate of drug-likeness (QED) is 0.692. The van der Waals surface area contributed by atoms with Crippen molar-refractivity contribution >= 4 is 21.6 Å². The zero-order chi connectivity index (χ0) is 21.1. The number of ether oxygens (including phenoxy) is 1. The van der Waals surface area contributed by atoms with Crippen molar-refractivity contribution in [2.24, 2.45) is 0 Å². The third-order valence-electron chi connectivity index (χ3n) is 4.95. The Hall–Kier alpha value is -2.89. The van der Waals surface area contributed by atoms with Gasteiger partial charge in [0.05, 0.1) is 30.9 Å². The summed E-state index contributed by atoms with van der Waals surface area (Å²) in [5.41, 5.74) is 1.83. The number of methoxy groups -OCH3 is 1. The van der Waals surface area contributed by atoms with Gasteiger partial charge in [-0.05, 0) is 48.2 Å². The molecule has 2 aromatic rings. The minimum absolute atomic E-state index is 0.0662. The third-order valence-corrected chi connectivity index (χ3v) is 5.66. The molecule has 3 rings (SSSR count). The Morgan fingerprint density at radius 2 is 1.79 bits per heavy atom. The highest BCUT2D eigenvalue weighted by Gasteiger charge is 2.44. The molecule has 0 spiro atoms. The number of hydrogen-bond donors (Lipinski definition) is 2. The minimum atomic E-state index is -3.52. The number of anilines is 1. The Labute approximate surface area is 170 Å². The molecule has 1 aliphatic carbocycles. The van der Waals surface area contributed by atoms with Crippen LogP contribution in [-0.2, 0) is 20.2 Å². The molecular formula is C21H23N3O4S. The van der Waals surface area contributed by atoms with Crippen molar-refractivity contribution in [2.75, 3.05) is 18.7 Å². The number of amides is 1. The molecule has 0 unspecified atom stereocenters. The molecule has 1 amide bonds. The van der Waals surface area contributed by atoms with E-state index in [0.29, 0.717) is 17.0 Å². The number of carbonyl (C=O) groups is 1. The Bertz CT molecular complexity index is 1020. The van der Waals surface area contributed by atoms with Gasteiger partial charge in [-0.15, -0.1) is 0 Å². The highest BCUT2D eigenvalue weighted by molar-refractivity contribution is 7.88. The summed E-state index contributed by atoms with van der Waals surface area (Å²) in [6.45, 7) is 0. The van der Waals surface area contributed by atoms with Gasteiger partial charge < -0.3 is 10.1 Å². The first-order chi connectivity index (χ1) is 13.7. The van der Waals surface area contributed by atoms with E-state index in [1.165, 1.54) is 0 Å². The molecule has 1 saturated carbocycles. The lowest BCUT2D eigenvalue weighted by molar-refractivity contribution is -0.116. The molecule has 0 heterocycles. The highest BCUT2D eigenvalue weighted by Crippen LogP contribution is 2.47. The van der Waals surface area contributed by atoms with E-state index < -0.39 is 16.1 Å². The van der Waals surface area contributed by atoms with E-state index in [2.05, 4.69) is 16.1 Å². The first-order valence-electron chi connectivity index (χ1n) is 9.17. The van der Waals surface area contributed by atoms with Crippen LogP contribution in [0.25, 0.3) is 0 Å². The van der Waals surface area contributed by atoms with Crippen LogP contribution in [-0.4, -0.2) is 27.7 Å². The second-order valence-corrected chi connectivity index (χ2v) is 9.02. The normalized spacial score (nSPS) is 15.8. The van der Waals surface area contributed by atoms with Gasteiger partial charge in [0.1, 0.15) is 5.75 Å². The molecule has 1 aliphatic rings. The Morgan fingerprint density at radius 3 is 2.28 bits per heavy atom. The fourth-order valence-corrected chi connectivity index (χ4v) is 3.92. The average Bonchev–Trinajstić information content (AvgIpc) is 3.48. The van der Waals surface area contributed by atoms with E-state index >= 15 is 0 Å². The summed E-state index contributed by atoms with van der Waals surface area (Å²) in [4.78, 5) is 12.5. The molecule has 2 aromatic carbocycles. The third kappa shape index (κ3) is 5.34. The van der Waals surface area contributed by atoms with Crippen LogP contribution in [0.5, 0.6) is 5.75 Å².